The van der Waals surface area contributed by atoms with E-state index < -0.39 is 0 Å². The molecule has 1 atom stereocenters. The maximum atomic E-state index is 11.6. The van der Waals surface area contributed by atoms with Crippen molar-refractivity contribution in [3.63, 3.8) is 0 Å². The molecule has 0 aromatic carbocycles. The topological polar surface area (TPSA) is 55.3 Å². The number of carbonyl (C=O) groups is 1. The molecule has 106 valence electrons. The molecule has 0 amide bonds. The van der Waals surface area contributed by atoms with E-state index in [0.717, 1.165) is 10.8 Å². The van der Waals surface area contributed by atoms with Crippen molar-refractivity contribution in [3.05, 3.63) is 41.2 Å². The highest BCUT2D eigenvalue weighted by Crippen LogP contribution is 2.28. The van der Waals surface area contributed by atoms with Gasteiger partial charge in [0.1, 0.15) is 4.88 Å². The molecule has 5 nitrogen and oxygen atoms in total. The quantitative estimate of drug-likeness (QED) is 0.793. The minimum atomic E-state index is -0.324. The lowest BCUT2D eigenvalue weighted by molar-refractivity contribution is 0.0532. The first-order valence-electron chi connectivity index (χ1n) is 6.40. The van der Waals surface area contributed by atoms with Crippen LogP contribution in [0.2, 0.25) is 0 Å². The van der Waals surface area contributed by atoms with Crippen LogP contribution in [0.3, 0.4) is 0 Å². The zero-order valence-electron chi connectivity index (χ0n) is 11.7. The van der Waals surface area contributed by atoms with Gasteiger partial charge in [-0.15, -0.1) is 0 Å². The molecule has 20 heavy (non-hydrogen) atoms. The molecule has 0 radical (unpaired) electrons. The second-order valence-electron chi connectivity index (χ2n) is 4.27. The Morgan fingerprint density at radius 1 is 1.45 bits per heavy atom. The highest BCUT2D eigenvalue weighted by Gasteiger charge is 2.18. The van der Waals surface area contributed by atoms with E-state index in [9.17, 15) is 4.79 Å². The predicted octanol–water partition coefficient (Wildman–Crippen LogP) is 2.91. The summed E-state index contributed by atoms with van der Waals surface area (Å²) >= 11 is 1.32. The van der Waals surface area contributed by atoms with Crippen LogP contribution in [0.15, 0.2) is 30.6 Å². The molecule has 0 bridgehead atoms. The molecular weight excluding hydrogens is 274 g/mol. The number of hydrogen-bond donors (Lipinski definition) is 0. The smallest absolute Gasteiger partial charge is 0.350 e. The van der Waals surface area contributed by atoms with Crippen LogP contribution in [0.1, 0.15) is 35.3 Å². The first kappa shape index (κ1) is 14.5. The number of thiazole rings is 1. The average molecular weight is 291 g/mol. The van der Waals surface area contributed by atoms with Crippen molar-refractivity contribution in [2.45, 2.75) is 19.9 Å². The van der Waals surface area contributed by atoms with E-state index in [-0.39, 0.29) is 12.0 Å². The molecule has 0 fully saturated rings. The van der Waals surface area contributed by atoms with Gasteiger partial charge >= 0.3 is 5.97 Å². The van der Waals surface area contributed by atoms with Gasteiger partial charge in [0.05, 0.1) is 24.5 Å². The Hall–Kier alpha value is -1.95. The van der Waals surface area contributed by atoms with Gasteiger partial charge in [0, 0.05) is 13.2 Å². The van der Waals surface area contributed by atoms with Crippen LogP contribution >= 0.6 is 11.3 Å². The summed E-state index contributed by atoms with van der Waals surface area (Å²) in [6.07, 6.45) is 3.32. The summed E-state index contributed by atoms with van der Waals surface area (Å²) in [4.78, 5) is 22.8. The summed E-state index contributed by atoms with van der Waals surface area (Å²) in [5.74, 6) is -0.324. The van der Waals surface area contributed by atoms with Gasteiger partial charge < -0.3 is 9.64 Å². The van der Waals surface area contributed by atoms with Crippen molar-refractivity contribution in [1.29, 1.82) is 0 Å². The zero-order valence-corrected chi connectivity index (χ0v) is 12.6. The van der Waals surface area contributed by atoms with Gasteiger partial charge in [0.2, 0.25) is 0 Å². The van der Waals surface area contributed by atoms with Gasteiger partial charge in [0.25, 0.3) is 0 Å². The molecule has 0 saturated carbocycles. The van der Waals surface area contributed by atoms with Crippen LogP contribution in [0.4, 0.5) is 5.13 Å². The van der Waals surface area contributed by atoms with Gasteiger partial charge in [-0.2, -0.15) is 0 Å². The Morgan fingerprint density at radius 3 is 2.90 bits per heavy atom. The molecule has 2 heterocycles. The number of nitrogens with zero attached hydrogens (tertiary/aromatic N) is 3. The molecule has 0 aliphatic heterocycles. The third-order valence-corrected chi connectivity index (χ3v) is 4.04. The lowest BCUT2D eigenvalue weighted by Gasteiger charge is -2.23. The van der Waals surface area contributed by atoms with E-state index in [1.165, 1.54) is 11.3 Å². The van der Waals surface area contributed by atoms with Crippen LogP contribution < -0.4 is 4.90 Å². The van der Waals surface area contributed by atoms with Crippen LogP contribution in [-0.2, 0) is 4.74 Å². The molecular formula is C14H17N3O2S. The number of aromatic nitrogens is 2. The van der Waals surface area contributed by atoms with E-state index >= 15 is 0 Å². The summed E-state index contributed by atoms with van der Waals surface area (Å²) in [5, 5.41) is 0.770. The molecule has 2 aromatic rings. The second-order valence-corrected chi connectivity index (χ2v) is 5.28. The molecule has 0 aliphatic carbocycles. The van der Waals surface area contributed by atoms with Gasteiger partial charge in [-0.1, -0.05) is 17.4 Å². The zero-order chi connectivity index (χ0) is 14.5. The summed E-state index contributed by atoms with van der Waals surface area (Å²) in [5.41, 5.74) is 0.961. The van der Waals surface area contributed by atoms with Crippen LogP contribution in [0.25, 0.3) is 0 Å². The molecule has 0 saturated heterocycles. The van der Waals surface area contributed by atoms with Gasteiger partial charge in [-0.3, -0.25) is 4.98 Å². The van der Waals surface area contributed by atoms with Crippen molar-refractivity contribution < 1.29 is 9.53 Å². The standard InChI is InChI=1S/C14H17N3O2S/c1-4-19-13(18)12-9-16-14(20-12)17(3)10(2)11-7-5-6-8-15-11/h5-10H,4H2,1-3H3. The van der Waals surface area contributed by atoms with Crippen molar-refractivity contribution in [3.8, 4) is 0 Å². The first-order valence-corrected chi connectivity index (χ1v) is 7.21. The van der Waals surface area contributed by atoms with Crippen molar-refractivity contribution >= 4 is 22.4 Å². The Morgan fingerprint density at radius 2 is 2.25 bits per heavy atom. The maximum absolute atomic E-state index is 11.6. The highest BCUT2D eigenvalue weighted by atomic mass is 32.1. The van der Waals surface area contributed by atoms with Crippen molar-refractivity contribution in [2.75, 3.05) is 18.6 Å². The predicted molar refractivity (Wildman–Crippen MR) is 79.1 cm³/mol. The van der Waals surface area contributed by atoms with Gasteiger partial charge in [-0.25, -0.2) is 9.78 Å². The number of hydrogen-bond acceptors (Lipinski definition) is 6. The number of anilines is 1. The van der Waals surface area contributed by atoms with Crippen molar-refractivity contribution in [2.24, 2.45) is 0 Å². The fourth-order valence-corrected chi connectivity index (χ4v) is 2.56. The molecule has 2 rings (SSSR count). The first-order chi connectivity index (χ1) is 9.63. The monoisotopic (exact) mass is 291 g/mol. The number of pyridine rings is 1. The molecule has 0 spiro atoms. The second kappa shape index (κ2) is 6.47. The summed E-state index contributed by atoms with van der Waals surface area (Å²) in [7, 11) is 1.94. The number of carbonyl (C=O) groups excluding carboxylic acids is 1. The molecule has 0 N–H and O–H groups in total. The number of esters is 1. The van der Waals surface area contributed by atoms with Gasteiger partial charge in [0.15, 0.2) is 5.13 Å². The lowest BCUT2D eigenvalue weighted by atomic mass is 10.2. The minimum Gasteiger partial charge on any atom is -0.462 e. The fraction of sp³-hybridized carbons (Fsp3) is 0.357. The summed E-state index contributed by atoms with van der Waals surface area (Å²) in [6.45, 7) is 4.20. The summed E-state index contributed by atoms with van der Waals surface area (Å²) < 4.78 is 4.97. The largest absolute Gasteiger partial charge is 0.462 e. The SMILES string of the molecule is CCOC(=O)c1cnc(N(C)C(C)c2ccccn2)s1. The third kappa shape index (κ3) is 3.14. The normalized spacial score (nSPS) is 11.9. The van der Waals surface area contributed by atoms with Crippen molar-refractivity contribution in [1.82, 2.24) is 9.97 Å². The average Bonchev–Trinajstić information content (AvgIpc) is 2.97. The Labute approximate surface area is 122 Å². The van der Waals surface area contributed by atoms with E-state index in [4.69, 9.17) is 4.74 Å². The molecule has 2 aromatic heterocycles. The van der Waals surface area contributed by atoms with Crippen LogP contribution in [0.5, 0.6) is 0 Å². The third-order valence-electron chi connectivity index (χ3n) is 2.97. The molecule has 0 aliphatic rings. The van der Waals surface area contributed by atoms with Crippen LogP contribution in [-0.4, -0.2) is 29.6 Å². The van der Waals surface area contributed by atoms with Crippen LogP contribution in [0, 0.1) is 0 Å². The molecule has 1 unspecified atom stereocenters. The summed E-state index contributed by atoms with van der Waals surface area (Å²) in [6, 6.07) is 5.90. The van der Waals surface area contributed by atoms with Gasteiger partial charge in [-0.05, 0) is 26.0 Å². The number of rotatable bonds is 5. The van der Waals surface area contributed by atoms with E-state index in [1.54, 1.807) is 19.3 Å². The fourth-order valence-electron chi connectivity index (χ4n) is 1.71. The minimum absolute atomic E-state index is 0.0809. The Kier molecular flexibility index (Phi) is 4.68. The van der Waals surface area contributed by atoms with E-state index in [1.807, 2.05) is 37.1 Å². The Balaban J connectivity index is 2.13. The molecule has 6 heteroatoms. The Bertz CT molecular complexity index is 571. The number of ether oxygens (including phenoxy) is 1. The maximum Gasteiger partial charge on any atom is 0.350 e. The highest BCUT2D eigenvalue weighted by molar-refractivity contribution is 7.17. The van der Waals surface area contributed by atoms with E-state index in [2.05, 4.69) is 9.97 Å². The lowest BCUT2D eigenvalue weighted by Crippen LogP contribution is -2.22. The van der Waals surface area contributed by atoms with E-state index in [0.29, 0.717) is 11.5 Å².